The maximum atomic E-state index is 5.85. The van der Waals surface area contributed by atoms with E-state index in [1.807, 2.05) is 45.0 Å². The second-order valence-corrected chi connectivity index (χ2v) is 5.32. The Labute approximate surface area is 162 Å². The Morgan fingerprint density at radius 2 is 1.75 bits per heavy atom. The van der Waals surface area contributed by atoms with Crippen molar-refractivity contribution >= 4 is 29.9 Å². The van der Waals surface area contributed by atoms with E-state index in [9.17, 15) is 0 Å². The highest BCUT2D eigenvalue weighted by molar-refractivity contribution is 14.0. The van der Waals surface area contributed by atoms with Gasteiger partial charge in [-0.05, 0) is 45.0 Å². The van der Waals surface area contributed by atoms with Crippen molar-refractivity contribution in [2.45, 2.75) is 32.9 Å². The summed E-state index contributed by atoms with van der Waals surface area (Å²) in [6.07, 6.45) is -0.0309. The molecule has 1 aromatic carbocycles. The van der Waals surface area contributed by atoms with Gasteiger partial charge in [0.1, 0.15) is 17.6 Å². The standard InChI is InChI=1S/C17H29N3O3.HI/c1-6-18-17(20-13(2)12-21-4)19-11-14(3)23-16-9-7-15(22-5)8-10-16;/h7-10,13-14H,6,11-12H2,1-5H3,(H2,18,19,20);1H. The summed E-state index contributed by atoms with van der Waals surface area (Å²) < 4.78 is 16.1. The van der Waals surface area contributed by atoms with Crippen molar-refractivity contribution in [3.8, 4) is 11.5 Å². The van der Waals surface area contributed by atoms with Crippen LogP contribution >= 0.6 is 24.0 Å². The summed E-state index contributed by atoms with van der Waals surface area (Å²) >= 11 is 0. The molecule has 0 fully saturated rings. The third-order valence-corrected chi connectivity index (χ3v) is 3.05. The van der Waals surface area contributed by atoms with Crippen LogP contribution in [0.4, 0.5) is 0 Å². The molecular formula is C17H30IN3O3. The molecule has 0 aliphatic heterocycles. The van der Waals surface area contributed by atoms with E-state index in [1.54, 1.807) is 14.2 Å². The van der Waals surface area contributed by atoms with Crippen LogP contribution in [0.25, 0.3) is 0 Å². The van der Waals surface area contributed by atoms with Gasteiger partial charge >= 0.3 is 0 Å². The van der Waals surface area contributed by atoms with E-state index in [1.165, 1.54) is 0 Å². The van der Waals surface area contributed by atoms with E-state index in [4.69, 9.17) is 14.2 Å². The topological polar surface area (TPSA) is 64.1 Å². The van der Waals surface area contributed by atoms with E-state index in [-0.39, 0.29) is 36.1 Å². The number of guanidine groups is 1. The number of hydrogen-bond donors (Lipinski definition) is 2. The Morgan fingerprint density at radius 1 is 1.12 bits per heavy atom. The first-order chi connectivity index (χ1) is 11.1. The number of benzene rings is 1. The summed E-state index contributed by atoms with van der Waals surface area (Å²) in [6, 6.07) is 7.73. The van der Waals surface area contributed by atoms with Crippen LogP contribution in [0.1, 0.15) is 20.8 Å². The molecule has 138 valence electrons. The third kappa shape index (κ3) is 9.17. The molecule has 6 nitrogen and oxygen atoms in total. The van der Waals surface area contributed by atoms with E-state index in [2.05, 4.69) is 15.6 Å². The van der Waals surface area contributed by atoms with Crippen molar-refractivity contribution in [3.05, 3.63) is 24.3 Å². The molecule has 0 heterocycles. The Kier molecular flexibility index (Phi) is 12.4. The van der Waals surface area contributed by atoms with E-state index < -0.39 is 0 Å². The fraction of sp³-hybridized carbons (Fsp3) is 0.588. The second-order valence-electron chi connectivity index (χ2n) is 5.32. The smallest absolute Gasteiger partial charge is 0.191 e. The van der Waals surface area contributed by atoms with Gasteiger partial charge in [0.2, 0.25) is 0 Å². The molecule has 0 amide bonds. The lowest BCUT2D eigenvalue weighted by atomic mass is 10.3. The average Bonchev–Trinajstić information content (AvgIpc) is 2.54. The fourth-order valence-electron chi connectivity index (χ4n) is 1.99. The van der Waals surface area contributed by atoms with Crippen molar-refractivity contribution in [2.75, 3.05) is 33.9 Å². The Balaban J connectivity index is 0.00000529. The quantitative estimate of drug-likeness (QED) is 0.344. The average molecular weight is 451 g/mol. The van der Waals surface area contributed by atoms with Crippen LogP contribution in [0.2, 0.25) is 0 Å². The van der Waals surface area contributed by atoms with Crippen LogP contribution in [0.3, 0.4) is 0 Å². The Hall–Kier alpha value is -1.22. The van der Waals surface area contributed by atoms with Gasteiger partial charge < -0.3 is 24.8 Å². The summed E-state index contributed by atoms with van der Waals surface area (Å²) in [5.74, 6) is 2.38. The lowest BCUT2D eigenvalue weighted by Gasteiger charge is -2.18. The summed E-state index contributed by atoms with van der Waals surface area (Å²) in [4.78, 5) is 4.55. The minimum atomic E-state index is -0.0309. The Bertz CT molecular complexity index is 469. The number of nitrogens with zero attached hydrogens (tertiary/aromatic N) is 1. The number of rotatable bonds is 9. The normalized spacial score (nSPS) is 13.5. The number of nitrogens with one attached hydrogen (secondary N) is 2. The van der Waals surface area contributed by atoms with Crippen LogP contribution in [0.5, 0.6) is 11.5 Å². The number of methoxy groups -OCH3 is 2. The zero-order chi connectivity index (χ0) is 17.1. The summed E-state index contributed by atoms with van der Waals surface area (Å²) in [7, 11) is 3.33. The summed E-state index contributed by atoms with van der Waals surface area (Å²) in [5, 5.41) is 6.51. The highest BCUT2D eigenvalue weighted by atomic mass is 127. The second kappa shape index (κ2) is 13.1. The molecule has 0 saturated carbocycles. The zero-order valence-corrected chi connectivity index (χ0v) is 17.5. The van der Waals surface area contributed by atoms with Crippen LogP contribution in [0.15, 0.2) is 29.3 Å². The van der Waals surface area contributed by atoms with Gasteiger partial charge in [0, 0.05) is 19.7 Å². The highest BCUT2D eigenvalue weighted by Gasteiger charge is 2.07. The third-order valence-electron chi connectivity index (χ3n) is 3.05. The van der Waals surface area contributed by atoms with Gasteiger partial charge in [0.05, 0.1) is 20.3 Å². The molecule has 0 radical (unpaired) electrons. The summed E-state index contributed by atoms with van der Waals surface area (Å²) in [6.45, 7) is 8.07. The van der Waals surface area contributed by atoms with E-state index in [0.29, 0.717) is 13.2 Å². The molecule has 7 heteroatoms. The lowest BCUT2D eigenvalue weighted by Crippen LogP contribution is -2.44. The van der Waals surface area contributed by atoms with Crippen LogP contribution in [-0.2, 0) is 4.74 Å². The van der Waals surface area contributed by atoms with Gasteiger partial charge in [-0.15, -0.1) is 24.0 Å². The molecule has 1 aromatic rings. The molecule has 2 N–H and O–H groups in total. The van der Waals surface area contributed by atoms with Crippen molar-refractivity contribution in [3.63, 3.8) is 0 Å². The predicted octanol–water partition coefficient (Wildman–Crippen LogP) is 2.67. The monoisotopic (exact) mass is 451 g/mol. The first kappa shape index (κ1) is 22.8. The Morgan fingerprint density at radius 3 is 2.29 bits per heavy atom. The molecule has 0 saturated heterocycles. The first-order valence-electron chi connectivity index (χ1n) is 7.93. The van der Waals surface area contributed by atoms with Gasteiger partial charge in [0.15, 0.2) is 5.96 Å². The SMILES string of the molecule is CCNC(=NCC(C)Oc1ccc(OC)cc1)NC(C)COC.I. The summed E-state index contributed by atoms with van der Waals surface area (Å²) in [5.41, 5.74) is 0. The largest absolute Gasteiger partial charge is 0.497 e. The number of halogens is 1. The molecule has 0 aliphatic rings. The van der Waals surface area contributed by atoms with Crippen molar-refractivity contribution in [1.29, 1.82) is 0 Å². The van der Waals surface area contributed by atoms with Crippen LogP contribution in [0, 0.1) is 0 Å². The molecule has 2 unspecified atom stereocenters. The van der Waals surface area contributed by atoms with E-state index in [0.717, 1.165) is 24.0 Å². The molecule has 1 rings (SSSR count). The molecular weight excluding hydrogens is 421 g/mol. The number of ether oxygens (including phenoxy) is 3. The van der Waals surface area contributed by atoms with Gasteiger partial charge in [-0.2, -0.15) is 0 Å². The van der Waals surface area contributed by atoms with Crippen LogP contribution < -0.4 is 20.1 Å². The first-order valence-corrected chi connectivity index (χ1v) is 7.93. The molecule has 24 heavy (non-hydrogen) atoms. The fourth-order valence-corrected chi connectivity index (χ4v) is 1.99. The van der Waals surface area contributed by atoms with Crippen molar-refractivity contribution in [1.82, 2.24) is 10.6 Å². The van der Waals surface area contributed by atoms with Crippen molar-refractivity contribution < 1.29 is 14.2 Å². The van der Waals surface area contributed by atoms with Gasteiger partial charge in [-0.1, -0.05) is 0 Å². The van der Waals surface area contributed by atoms with E-state index >= 15 is 0 Å². The van der Waals surface area contributed by atoms with Crippen molar-refractivity contribution in [2.24, 2.45) is 4.99 Å². The maximum Gasteiger partial charge on any atom is 0.191 e. The molecule has 0 bridgehead atoms. The minimum absolute atomic E-state index is 0. The van der Waals surface area contributed by atoms with Gasteiger partial charge in [-0.25, -0.2) is 4.99 Å². The van der Waals surface area contributed by atoms with Crippen LogP contribution in [-0.4, -0.2) is 52.0 Å². The lowest BCUT2D eigenvalue weighted by molar-refractivity contribution is 0.179. The highest BCUT2D eigenvalue weighted by Crippen LogP contribution is 2.18. The molecule has 0 aliphatic carbocycles. The molecule has 0 spiro atoms. The molecule has 0 aromatic heterocycles. The van der Waals surface area contributed by atoms with Gasteiger partial charge in [-0.3, -0.25) is 0 Å². The van der Waals surface area contributed by atoms with Gasteiger partial charge in [0.25, 0.3) is 0 Å². The maximum absolute atomic E-state index is 5.85. The zero-order valence-electron chi connectivity index (χ0n) is 15.2. The minimum Gasteiger partial charge on any atom is -0.497 e. The molecule has 2 atom stereocenters. The number of hydrogen-bond acceptors (Lipinski definition) is 4. The predicted molar refractivity (Wildman–Crippen MR) is 109 cm³/mol. The number of aliphatic imine (C=N–C) groups is 1.